The largest absolute Gasteiger partial charge is 0.355 e. The van der Waals surface area contributed by atoms with E-state index in [2.05, 4.69) is 22.5 Å². The Kier molecular flexibility index (Phi) is 8.55. The minimum absolute atomic E-state index is 0.0367. The monoisotopic (exact) mass is 414 g/mol. The van der Waals surface area contributed by atoms with Crippen LogP contribution in [0.15, 0.2) is 24.3 Å². The molecule has 2 aliphatic heterocycles. The topological polar surface area (TPSA) is 64.7 Å². The smallest absolute Gasteiger partial charge is 0.321 e. The molecule has 2 aliphatic rings. The molecular formula is C24H38N4O2. The van der Waals surface area contributed by atoms with Crippen LogP contribution in [0.25, 0.3) is 0 Å². The lowest BCUT2D eigenvalue weighted by Gasteiger charge is -2.33. The van der Waals surface area contributed by atoms with E-state index in [4.69, 9.17) is 0 Å². The summed E-state index contributed by atoms with van der Waals surface area (Å²) in [5.41, 5.74) is 1.97. The molecule has 3 rings (SSSR count). The quantitative estimate of drug-likeness (QED) is 0.709. The zero-order valence-corrected chi connectivity index (χ0v) is 18.7. The number of amides is 3. The van der Waals surface area contributed by atoms with Gasteiger partial charge >= 0.3 is 6.03 Å². The molecule has 30 heavy (non-hydrogen) atoms. The minimum atomic E-state index is -0.0367. The molecule has 3 amide bonds. The van der Waals surface area contributed by atoms with Crippen LogP contribution in [0, 0.1) is 12.8 Å². The molecule has 0 bridgehead atoms. The van der Waals surface area contributed by atoms with Crippen molar-refractivity contribution in [1.29, 1.82) is 0 Å². The van der Waals surface area contributed by atoms with Crippen molar-refractivity contribution in [3.8, 4) is 0 Å². The fourth-order valence-corrected chi connectivity index (χ4v) is 4.66. The third kappa shape index (κ3) is 7.01. The summed E-state index contributed by atoms with van der Waals surface area (Å²) < 4.78 is 0. The number of urea groups is 1. The van der Waals surface area contributed by atoms with Crippen LogP contribution in [0.1, 0.15) is 57.4 Å². The maximum absolute atomic E-state index is 12.6. The van der Waals surface area contributed by atoms with Crippen molar-refractivity contribution in [3.05, 3.63) is 29.8 Å². The van der Waals surface area contributed by atoms with Gasteiger partial charge in [0.25, 0.3) is 0 Å². The molecule has 6 heteroatoms. The molecule has 2 atom stereocenters. The van der Waals surface area contributed by atoms with E-state index in [1.54, 1.807) is 0 Å². The first-order valence-electron chi connectivity index (χ1n) is 11.6. The van der Waals surface area contributed by atoms with Crippen LogP contribution < -0.4 is 10.6 Å². The summed E-state index contributed by atoms with van der Waals surface area (Å²) in [6.07, 6.45) is 7.35. The summed E-state index contributed by atoms with van der Waals surface area (Å²) in [6.45, 7) is 8.65. The highest BCUT2D eigenvalue weighted by molar-refractivity contribution is 5.89. The summed E-state index contributed by atoms with van der Waals surface area (Å²) in [7, 11) is 0. The van der Waals surface area contributed by atoms with Crippen LogP contribution in [0.2, 0.25) is 0 Å². The second kappa shape index (κ2) is 11.3. The third-order valence-corrected chi connectivity index (χ3v) is 6.52. The Morgan fingerprint density at radius 1 is 1.13 bits per heavy atom. The highest BCUT2D eigenvalue weighted by Crippen LogP contribution is 2.22. The Bertz CT molecular complexity index is 708. The van der Waals surface area contributed by atoms with E-state index < -0.39 is 0 Å². The number of hydrogen-bond acceptors (Lipinski definition) is 3. The van der Waals surface area contributed by atoms with Gasteiger partial charge in [-0.3, -0.25) is 9.69 Å². The Morgan fingerprint density at radius 2 is 2.00 bits per heavy atom. The zero-order chi connectivity index (χ0) is 21.3. The Balaban J connectivity index is 1.35. The molecule has 0 spiro atoms. The molecule has 2 fully saturated rings. The number of aryl methyl sites for hydroxylation is 1. The van der Waals surface area contributed by atoms with Gasteiger partial charge in [-0.2, -0.15) is 0 Å². The van der Waals surface area contributed by atoms with Gasteiger partial charge in [-0.25, -0.2) is 4.79 Å². The van der Waals surface area contributed by atoms with Crippen LogP contribution in [-0.4, -0.2) is 60.5 Å². The first-order chi connectivity index (χ1) is 14.5. The van der Waals surface area contributed by atoms with Crippen molar-refractivity contribution >= 4 is 17.6 Å². The number of nitrogens with one attached hydrogen (secondary N) is 2. The Hall–Kier alpha value is -2.08. The molecule has 0 unspecified atom stereocenters. The fraction of sp³-hybridized carbons (Fsp3) is 0.667. The molecule has 0 saturated carbocycles. The van der Waals surface area contributed by atoms with E-state index in [1.165, 1.54) is 19.3 Å². The van der Waals surface area contributed by atoms with Gasteiger partial charge in [-0.1, -0.05) is 18.6 Å². The molecule has 0 aliphatic carbocycles. The molecule has 0 radical (unpaired) electrons. The standard InChI is InChI=1S/C24H38N4O2/c1-19-7-5-10-22(17-19)26-24(30)28-15-6-9-21(18-28)11-12-23(29)25-13-16-27-14-4-3-8-20(27)2/h5,7,10,17,20-21H,3-4,6,8-9,11-16,18H2,1-2H3,(H,25,29)(H,26,30)/t20-,21-/m1/s1. The maximum Gasteiger partial charge on any atom is 0.321 e. The van der Waals surface area contributed by atoms with Crippen LogP contribution in [0.5, 0.6) is 0 Å². The van der Waals surface area contributed by atoms with E-state index in [-0.39, 0.29) is 11.9 Å². The fourth-order valence-electron chi connectivity index (χ4n) is 4.66. The number of anilines is 1. The number of nitrogens with zero attached hydrogens (tertiary/aromatic N) is 2. The van der Waals surface area contributed by atoms with Crippen molar-refractivity contribution in [1.82, 2.24) is 15.1 Å². The Labute approximate surface area is 181 Å². The average molecular weight is 415 g/mol. The van der Waals surface area contributed by atoms with Crippen molar-refractivity contribution in [2.45, 2.75) is 64.8 Å². The lowest BCUT2D eigenvalue weighted by atomic mass is 9.93. The SMILES string of the molecule is Cc1cccc(NC(=O)N2CCC[C@H](CCC(=O)NCCN3CCCC[C@H]3C)C2)c1. The second-order valence-corrected chi connectivity index (χ2v) is 9.02. The minimum Gasteiger partial charge on any atom is -0.355 e. The van der Waals surface area contributed by atoms with Gasteiger partial charge in [-0.05, 0) is 76.1 Å². The molecule has 2 heterocycles. The summed E-state index contributed by atoms with van der Waals surface area (Å²) in [4.78, 5) is 29.3. The lowest BCUT2D eigenvalue weighted by Crippen LogP contribution is -2.43. The van der Waals surface area contributed by atoms with E-state index >= 15 is 0 Å². The number of carbonyl (C=O) groups excluding carboxylic acids is 2. The van der Waals surface area contributed by atoms with Gasteiger partial charge in [0.15, 0.2) is 0 Å². The molecule has 2 N–H and O–H groups in total. The van der Waals surface area contributed by atoms with Crippen LogP contribution in [-0.2, 0) is 4.79 Å². The number of rotatable bonds is 7. The van der Waals surface area contributed by atoms with Crippen molar-refractivity contribution in [2.24, 2.45) is 5.92 Å². The predicted molar refractivity (Wildman–Crippen MR) is 122 cm³/mol. The number of likely N-dealkylation sites (tertiary alicyclic amines) is 2. The molecule has 6 nitrogen and oxygen atoms in total. The van der Waals surface area contributed by atoms with Crippen molar-refractivity contribution in [3.63, 3.8) is 0 Å². The van der Waals surface area contributed by atoms with Crippen LogP contribution in [0.4, 0.5) is 10.5 Å². The van der Waals surface area contributed by atoms with Crippen LogP contribution >= 0.6 is 0 Å². The second-order valence-electron chi connectivity index (χ2n) is 9.02. The van der Waals surface area contributed by atoms with E-state index in [1.807, 2.05) is 36.1 Å². The Morgan fingerprint density at radius 3 is 2.80 bits per heavy atom. The zero-order valence-electron chi connectivity index (χ0n) is 18.7. The van der Waals surface area contributed by atoms with Gasteiger partial charge in [0, 0.05) is 44.3 Å². The van der Waals surface area contributed by atoms with Gasteiger partial charge in [0.2, 0.25) is 5.91 Å². The molecule has 1 aromatic carbocycles. The van der Waals surface area contributed by atoms with Crippen LogP contribution in [0.3, 0.4) is 0 Å². The number of piperidine rings is 2. The lowest BCUT2D eigenvalue weighted by molar-refractivity contribution is -0.121. The van der Waals surface area contributed by atoms with Gasteiger partial charge in [-0.15, -0.1) is 0 Å². The van der Waals surface area contributed by atoms with E-state index in [0.717, 1.165) is 63.2 Å². The first-order valence-corrected chi connectivity index (χ1v) is 11.6. The third-order valence-electron chi connectivity index (χ3n) is 6.52. The predicted octanol–water partition coefficient (Wildman–Crippen LogP) is 4.01. The molecule has 0 aromatic heterocycles. The normalized spacial score (nSPS) is 22.5. The summed E-state index contributed by atoms with van der Waals surface area (Å²) >= 11 is 0. The van der Waals surface area contributed by atoms with E-state index in [9.17, 15) is 9.59 Å². The van der Waals surface area contributed by atoms with Gasteiger partial charge in [0.05, 0.1) is 0 Å². The van der Waals surface area contributed by atoms with Crippen molar-refractivity contribution in [2.75, 3.05) is 38.0 Å². The van der Waals surface area contributed by atoms with Gasteiger partial charge < -0.3 is 15.5 Å². The number of carbonyl (C=O) groups is 2. The first kappa shape index (κ1) is 22.6. The van der Waals surface area contributed by atoms with Gasteiger partial charge in [0.1, 0.15) is 0 Å². The average Bonchev–Trinajstić information content (AvgIpc) is 2.74. The van der Waals surface area contributed by atoms with Crippen molar-refractivity contribution < 1.29 is 9.59 Å². The van der Waals surface area contributed by atoms with E-state index in [0.29, 0.717) is 18.4 Å². The highest BCUT2D eigenvalue weighted by atomic mass is 16.2. The maximum atomic E-state index is 12.6. The summed E-state index contributed by atoms with van der Waals surface area (Å²) in [6, 6.07) is 8.47. The summed E-state index contributed by atoms with van der Waals surface area (Å²) in [5, 5.41) is 6.09. The number of benzene rings is 1. The molecule has 166 valence electrons. The molecule has 2 saturated heterocycles. The highest BCUT2D eigenvalue weighted by Gasteiger charge is 2.24. The summed E-state index contributed by atoms with van der Waals surface area (Å²) in [5.74, 6) is 0.538. The molecular weight excluding hydrogens is 376 g/mol. The molecule has 1 aromatic rings. The number of hydrogen-bond donors (Lipinski definition) is 2.